The third-order valence-electron chi connectivity index (χ3n) is 4.94. The summed E-state index contributed by atoms with van der Waals surface area (Å²) < 4.78 is 2.60. The molecule has 0 atom stereocenters. The fourth-order valence-electron chi connectivity index (χ4n) is 3.89. The SMILES string of the molecule is O=C1c2cccc3cccc(c23)C2=Nc3cccc4cccc(c34)I12. The van der Waals surface area contributed by atoms with Gasteiger partial charge in [-0.3, -0.25) is 0 Å². The molecule has 0 radical (unpaired) electrons. The van der Waals surface area contributed by atoms with Gasteiger partial charge in [-0.05, 0) is 0 Å². The van der Waals surface area contributed by atoms with Crippen LogP contribution in [0.25, 0.3) is 21.5 Å². The number of hydrogen-bond acceptors (Lipinski definition) is 2. The molecule has 0 aromatic heterocycles. The van der Waals surface area contributed by atoms with Gasteiger partial charge in [-0.25, -0.2) is 0 Å². The fourth-order valence-corrected chi connectivity index (χ4v) is 9.68. The molecular formula is C22H12INO. The number of aliphatic imine (C=N–C) groups is 1. The van der Waals surface area contributed by atoms with Crippen LogP contribution < -0.4 is 0 Å². The third-order valence-corrected chi connectivity index (χ3v) is 10.4. The maximum absolute atomic E-state index is 13.5. The van der Waals surface area contributed by atoms with Crippen LogP contribution in [0.4, 0.5) is 5.69 Å². The summed E-state index contributed by atoms with van der Waals surface area (Å²) in [4.78, 5) is 18.5. The fraction of sp³-hybridized carbons (Fsp3) is 0. The van der Waals surface area contributed by atoms with E-state index in [1.807, 2.05) is 12.1 Å². The average Bonchev–Trinajstić information content (AvgIpc) is 2.66. The molecule has 4 aromatic carbocycles. The van der Waals surface area contributed by atoms with Crippen LogP contribution in [-0.4, -0.2) is 7.51 Å². The van der Waals surface area contributed by atoms with Crippen molar-refractivity contribution in [3.8, 4) is 0 Å². The summed E-state index contributed by atoms with van der Waals surface area (Å²) in [6.07, 6.45) is 0. The van der Waals surface area contributed by atoms with Crippen LogP contribution in [-0.2, 0) is 0 Å². The molecule has 118 valence electrons. The molecule has 4 aromatic rings. The van der Waals surface area contributed by atoms with Gasteiger partial charge in [-0.15, -0.1) is 0 Å². The maximum atomic E-state index is 13.5. The van der Waals surface area contributed by atoms with Crippen LogP contribution in [0.1, 0.15) is 15.9 Å². The van der Waals surface area contributed by atoms with Gasteiger partial charge in [-0.2, -0.15) is 0 Å². The van der Waals surface area contributed by atoms with E-state index in [1.165, 1.54) is 14.3 Å². The number of hydrogen-bond donors (Lipinski definition) is 0. The van der Waals surface area contributed by atoms with Gasteiger partial charge in [0.1, 0.15) is 0 Å². The standard InChI is InChI=1S/C22H12INO/c25-22-16-10-2-6-13-5-1-9-15(19(13)16)21-23(22)17-11-3-7-14-8-4-12-18(24-21)20(14)17/h1-12H. The molecule has 0 saturated heterocycles. The van der Waals surface area contributed by atoms with Crippen LogP contribution in [0.5, 0.6) is 0 Å². The zero-order valence-electron chi connectivity index (χ0n) is 13.2. The second-order valence-corrected chi connectivity index (χ2v) is 11.1. The van der Waals surface area contributed by atoms with E-state index < -0.39 is 19.8 Å². The van der Waals surface area contributed by atoms with Crippen molar-refractivity contribution in [2.24, 2.45) is 4.99 Å². The van der Waals surface area contributed by atoms with Crippen molar-refractivity contribution < 1.29 is 4.79 Å². The second-order valence-electron chi connectivity index (χ2n) is 6.28. The predicted octanol–water partition coefficient (Wildman–Crippen LogP) is 5.91. The van der Waals surface area contributed by atoms with Crippen LogP contribution >= 0.6 is 19.8 Å². The van der Waals surface area contributed by atoms with Crippen molar-refractivity contribution in [3.05, 3.63) is 87.5 Å². The normalized spacial score (nSPS) is 16.1. The van der Waals surface area contributed by atoms with Gasteiger partial charge < -0.3 is 0 Å². The number of nitrogens with zero attached hydrogens (tertiary/aromatic N) is 1. The Bertz CT molecular complexity index is 1260. The van der Waals surface area contributed by atoms with Gasteiger partial charge in [-0.1, -0.05) is 0 Å². The first-order valence-corrected chi connectivity index (χ1v) is 11.4. The molecule has 6 rings (SSSR count). The summed E-state index contributed by atoms with van der Waals surface area (Å²) in [6.45, 7) is 0. The van der Waals surface area contributed by atoms with E-state index in [1.54, 1.807) is 0 Å². The Morgan fingerprint density at radius 3 is 2.12 bits per heavy atom. The van der Waals surface area contributed by atoms with Crippen LogP contribution in [0.2, 0.25) is 0 Å². The monoisotopic (exact) mass is 433 g/mol. The number of fused-ring (bicyclic) bond motifs is 3. The molecule has 0 N–H and O–H groups in total. The Morgan fingerprint density at radius 2 is 1.32 bits per heavy atom. The van der Waals surface area contributed by atoms with Crippen molar-refractivity contribution in [1.82, 2.24) is 0 Å². The van der Waals surface area contributed by atoms with E-state index in [4.69, 9.17) is 4.99 Å². The van der Waals surface area contributed by atoms with Crippen LogP contribution in [0.15, 0.2) is 77.8 Å². The molecule has 2 aliphatic rings. The Hall–Kier alpha value is -2.53. The molecule has 0 fully saturated rings. The molecule has 0 bridgehead atoms. The van der Waals surface area contributed by atoms with Crippen molar-refractivity contribution >= 4 is 54.6 Å². The predicted molar refractivity (Wildman–Crippen MR) is 111 cm³/mol. The zero-order valence-corrected chi connectivity index (χ0v) is 15.3. The van der Waals surface area contributed by atoms with Gasteiger partial charge in [0.05, 0.1) is 0 Å². The average molecular weight is 433 g/mol. The number of carbonyl (C=O) groups is 1. The Labute approximate surface area is 151 Å². The molecule has 0 saturated carbocycles. The summed E-state index contributed by atoms with van der Waals surface area (Å²) in [6, 6.07) is 24.9. The van der Waals surface area contributed by atoms with Gasteiger partial charge in [0, 0.05) is 0 Å². The molecule has 3 heteroatoms. The first-order valence-electron chi connectivity index (χ1n) is 8.19. The molecule has 2 aliphatic heterocycles. The van der Waals surface area contributed by atoms with Crippen molar-refractivity contribution in [3.63, 3.8) is 0 Å². The number of halogens is 1. The molecular weight excluding hydrogens is 421 g/mol. The first kappa shape index (κ1) is 13.7. The number of carbonyl (C=O) groups excluding carboxylic acids is 1. The van der Waals surface area contributed by atoms with Gasteiger partial charge >= 0.3 is 152 Å². The van der Waals surface area contributed by atoms with E-state index in [9.17, 15) is 4.79 Å². The molecule has 25 heavy (non-hydrogen) atoms. The van der Waals surface area contributed by atoms with Crippen molar-refractivity contribution in [2.45, 2.75) is 0 Å². The van der Waals surface area contributed by atoms with E-state index >= 15 is 0 Å². The zero-order chi connectivity index (χ0) is 16.5. The van der Waals surface area contributed by atoms with Gasteiger partial charge in [0.2, 0.25) is 0 Å². The summed E-state index contributed by atoms with van der Waals surface area (Å²) in [5.41, 5.74) is 3.04. The van der Waals surface area contributed by atoms with Crippen LogP contribution in [0, 0.1) is 3.57 Å². The second kappa shape index (κ2) is 4.76. The Morgan fingerprint density at radius 1 is 0.680 bits per heavy atom. The van der Waals surface area contributed by atoms with Crippen molar-refractivity contribution in [1.29, 1.82) is 0 Å². The first-order chi connectivity index (χ1) is 12.3. The Balaban J connectivity index is 1.81. The summed E-state index contributed by atoms with van der Waals surface area (Å²) in [5, 5.41) is 4.56. The van der Waals surface area contributed by atoms with Gasteiger partial charge in [0.25, 0.3) is 0 Å². The molecule has 0 spiro atoms. The summed E-state index contributed by atoms with van der Waals surface area (Å²) >= 11 is -2.26. The number of benzene rings is 4. The molecule has 2 nitrogen and oxygen atoms in total. The quantitative estimate of drug-likeness (QED) is 0.250. The van der Waals surface area contributed by atoms with Crippen molar-refractivity contribution in [2.75, 3.05) is 0 Å². The molecule has 0 aliphatic carbocycles. The summed E-state index contributed by atoms with van der Waals surface area (Å²) in [7, 11) is 0. The molecule has 2 heterocycles. The third kappa shape index (κ3) is 1.69. The van der Waals surface area contributed by atoms with E-state index in [0.717, 1.165) is 31.3 Å². The summed E-state index contributed by atoms with van der Waals surface area (Å²) in [5.74, 6) is 0. The van der Waals surface area contributed by atoms with E-state index in [-0.39, 0.29) is 0 Å². The molecule has 0 amide bonds. The number of rotatable bonds is 0. The molecule has 0 unspecified atom stereocenters. The van der Waals surface area contributed by atoms with Crippen LogP contribution in [0.3, 0.4) is 0 Å². The van der Waals surface area contributed by atoms with E-state index in [0.29, 0.717) is 3.79 Å². The Kier molecular flexibility index (Phi) is 2.61. The van der Waals surface area contributed by atoms with Gasteiger partial charge in [0.15, 0.2) is 0 Å². The minimum absolute atomic E-state index is 0.314. The minimum atomic E-state index is -2.26. The van der Waals surface area contributed by atoms with E-state index in [2.05, 4.69) is 60.7 Å². The topological polar surface area (TPSA) is 29.4 Å².